The molecule has 1 aromatic carbocycles. The number of unbranched alkanes of at least 4 members (excludes halogenated alkanes) is 8. The number of methoxy groups -OCH3 is 1. The lowest BCUT2D eigenvalue weighted by Gasteiger charge is -2.33. The third-order valence-corrected chi connectivity index (χ3v) is 7.84. The second kappa shape index (κ2) is 13.6. The highest BCUT2D eigenvalue weighted by molar-refractivity contribution is 7.93. The van der Waals surface area contributed by atoms with Crippen LogP contribution >= 0.6 is 0 Å². The highest BCUT2D eigenvalue weighted by Crippen LogP contribution is 2.40. The molecule has 0 N–H and O–H groups in total. The van der Waals surface area contributed by atoms with E-state index in [-0.39, 0.29) is 12.0 Å². The van der Waals surface area contributed by atoms with Gasteiger partial charge in [0, 0.05) is 0 Å². The molecule has 0 aliphatic carbocycles. The monoisotopic (exact) mass is 440 g/mol. The van der Waals surface area contributed by atoms with Gasteiger partial charge in [-0.25, -0.2) is 17.6 Å². The zero-order valence-electron chi connectivity index (χ0n) is 18.4. The maximum atomic E-state index is 15.7. The molecule has 2 atom stereocenters. The van der Waals surface area contributed by atoms with E-state index in [0.717, 1.165) is 26.4 Å². The summed E-state index contributed by atoms with van der Waals surface area (Å²) in [4.78, 5) is 12.8. The quantitative estimate of drug-likeness (QED) is 0.182. The van der Waals surface area contributed by atoms with E-state index in [9.17, 15) is 13.2 Å². The molecule has 0 aromatic heterocycles. The largest absolute Gasteiger partial charge is 0.468 e. The molecule has 0 saturated heterocycles. The number of hydrogen-bond donors (Lipinski definition) is 0. The molecule has 0 fully saturated rings. The first kappa shape index (κ1) is 26.3. The van der Waals surface area contributed by atoms with Crippen molar-refractivity contribution >= 4 is 15.8 Å². The Labute approximate surface area is 181 Å². The van der Waals surface area contributed by atoms with E-state index in [1.54, 1.807) is 18.2 Å². The topological polar surface area (TPSA) is 60.4 Å². The molecule has 0 saturated carbocycles. The van der Waals surface area contributed by atoms with E-state index >= 15 is 4.39 Å². The van der Waals surface area contributed by atoms with Crippen molar-refractivity contribution < 1.29 is 22.3 Å². The minimum atomic E-state index is -4.23. The highest BCUT2D eigenvalue weighted by Gasteiger charge is 2.58. The molecule has 6 heteroatoms. The van der Waals surface area contributed by atoms with Gasteiger partial charge in [-0.3, -0.25) is 0 Å². The lowest BCUT2D eigenvalue weighted by atomic mass is 9.90. The average molecular weight is 441 g/mol. The van der Waals surface area contributed by atoms with Gasteiger partial charge in [-0.15, -0.1) is 6.58 Å². The number of halogens is 1. The third kappa shape index (κ3) is 6.66. The maximum Gasteiger partial charge on any atom is 0.334 e. The number of hydrogen-bond acceptors (Lipinski definition) is 4. The van der Waals surface area contributed by atoms with Crippen molar-refractivity contribution in [1.82, 2.24) is 0 Å². The summed E-state index contributed by atoms with van der Waals surface area (Å²) >= 11 is 0. The lowest BCUT2D eigenvalue weighted by Crippen LogP contribution is -2.52. The van der Waals surface area contributed by atoms with E-state index < -0.39 is 32.5 Å². The predicted molar refractivity (Wildman–Crippen MR) is 121 cm³/mol. The Kier molecular flexibility index (Phi) is 11.9. The van der Waals surface area contributed by atoms with Gasteiger partial charge in [0.1, 0.15) is 6.17 Å². The fourth-order valence-electron chi connectivity index (χ4n) is 3.89. The summed E-state index contributed by atoms with van der Waals surface area (Å²) in [5.74, 6) is -1.59. The van der Waals surface area contributed by atoms with Gasteiger partial charge in [0.05, 0.1) is 12.9 Å². The summed E-state index contributed by atoms with van der Waals surface area (Å²) in [6.07, 6.45) is 8.79. The summed E-state index contributed by atoms with van der Waals surface area (Å²) in [6, 6.07) is 7.84. The number of rotatable bonds is 16. The van der Waals surface area contributed by atoms with E-state index in [2.05, 4.69) is 13.5 Å². The first-order valence-corrected chi connectivity index (χ1v) is 12.6. The van der Waals surface area contributed by atoms with Crippen molar-refractivity contribution in [3.63, 3.8) is 0 Å². The van der Waals surface area contributed by atoms with E-state index in [1.165, 1.54) is 50.3 Å². The van der Waals surface area contributed by atoms with Crippen LogP contribution in [-0.2, 0) is 24.1 Å². The smallest absolute Gasteiger partial charge is 0.334 e. The van der Waals surface area contributed by atoms with Crippen LogP contribution in [0.25, 0.3) is 0 Å². The van der Waals surface area contributed by atoms with Crippen LogP contribution in [0.1, 0.15) is 76.7 Å². The number of carbonyl (C=O) groups is 1. The van der Waals surface area contributed by atoms with Crippen molar-refractivity contribution in [3.8, 4) is 0 Å². The first-order chi connectivity index (χ1) is 14.4. The summed E-state index contributed by atoms with van der Waals surface area (Å²) in [5, 5.41) is 0. The fraction of sp³-hybridized carbons (Fsp3) is 0.625. The second-order valence-corrected chi connectivity index (χ2v) is 9.95. The average Bonchev–Trinajstić information content (AvgIpc) is 2.73. The van der Waals surface area contributed by atoms with Gasteiger partial charge in [-0.1, -0.05) is 101 Å². The molecule has 0 bridgehead atoms. The van der Waals surface area contributed by atoms with Crippen LogP contribution < -0.4 is 0 Å². The number of esters is 1. The summed E-state index contributed by atoms with van der Waals surface area (Å²) < 4.78 is 44.4. The summed E-state index contributed by atoms with van der Waals surface area (Å²) in [6.45, 7) is 5.65. The predicted octanol–water partition coefficient (Wildman–Crippen LogP) is 5.91. The molecule has 0 spiro atoms. The van der Waals surface area contributed by atoms with Crippen molar-refractivity contribution in [1.29, 1.82) is 0 Å². The molecule has 0 radical (unpaired) electrons. The standard InChI is InChI=1S/C24H37FO4S/c1-4-6-7-8-9-10-11-12-16-19-22(25)24(23(26)29-3,30(27,28)20-5-2)21-17-14-13-15-18-21/h5,13-15,17-18,22H,2,4,6-12,16,19-20H2,1,3H3. The Morgan fingerprint density at radius 2 is 1.60 bits per heavy atom. The number of sulfone groups is 1. The molecular formula is C24H37FO4S. The minimum Gasteiger partial charge on any atom is -0.468 e. The van der Waals surface area contributed by atoms with Gasteiger partial charge in [-0.2, -0.15) is 0 Å². The second-order valence-electron chi connectivity index (χ2n) is 7.75. The van der Waals surface area contributed by atoms with Gasteiger partial charge in [-0.05, 0) is 12.0 Å². The number of benzene rings is 1. The Morgan fingerprint density at radius 3 is 2.10 bits per heavy atom. The van der Waals surface area contributed by atoms with Gasteiger partial charge < -0.3 is 4.74 Å². The minimum absolute atomic E-state index is 0.0177. The third-order valence-electron chi connectivity index (χ3n) is 5.52. The van der Waals surface area contributed by atoms with Crippen molar-refractivity contribution in [2.24, 2.45) is 0 Å². The molecule has 0 aliphatic heterocycles. The van der Waals surface area contributed by atoms with Crippen molar-refractivity contribution in [2.75, 3.05) is 12.9 Å². The van der Waals surface area contributed by atoms with E-state index in [1.807, 2.05) is 0 Å². The van der Waals surface area contributed by atoms with Crippen molar-refractivity contribution in [2.45, 2.75) is 82.1 Å². The molecule has 1 rings (SSSR count). The van der Waals surface area contributed by atoms with E-state index in [0.29, 0.717) is 6.42 Å². The van der Waals surface area contributed by atoms with Crippen LogP contribution in [0.5, 0.6) is 0 Å². The van der Waals surface area contributed by atoms with Crippen LogP contribution in [0.4, 0.5) is 4.39 Å². The zero-order valence-corrected chi connectivity index (χ0v) is 19.3. The molecule has 0 heterocycles. The van der Waals surface area contributed by atoms with E-state index in [4.69, 9.17) is 4.74 Å². The number of ether oxygens (including phenoxy) is 1. The highest BCUT2D eigenvalue weighted by atomic mass is 32.2. The molecule has 30 heavy (non-hydrogen) atoms. The Morgan fingerprint density at radius 1 is 1.07 bits per heavy atom. The van der Waals surface area contributed by atoms with Crippen LogP contribution in [0.3, 0.4) is 0 Å². The zero-order chi connectivity index (χ0) is 22.5. The summed E-state index contributed by atoms with van der Waals surface area (Å²) in [7, 11) is -3.13. The van der Waals surface area contributed by atoms with Crippen molar-refractivity contribution in [3.05, 3.63) is 48.6 Å². The molecule has 0 amide bonds. The Hall–Kier alpha value is -1.69. The maximum absolute atomic E-state index is 15.7. The normalized spacial score (nSPS) is 14.6. The molecule has 2 unspecified atom stereocenters. The molecular weight excluding hydrogens is 403 g/mol. The molecule has 1 aromatic rings. The summed E-state index contributed by atoms with van der Waals surface area (Å²) in [5.41, 5.74) is 0.0992. The van der Waals surface area contributed by atoms with Gasteiger partial charge in [0.25, 0.3) is 0 Å². The number of carbonyl (C=O) groups excluding carboxylic acids is 1. The fourth-order valence-corrected chi connectivity index (χ4v) is 5.80. The first-order valence-electron chi connectivity index (χ1n) is 11.0. The van der Waals surface area contributed by atoms with Crippen LogP contribution in [0.2, 0.25) is 0 Å². The van der Waals surface area contributed by atoms with Gasteiger partial charge in [0.15, 0.2) is 9.84 Å². The molecule has 170 valence electrons. The molecule has 0 aliphatic rings. The number of alkyl halides is 1. The lowest BCUT2D eigenvalue weighted by molar-refractivity contribution is -0.146. The van der Waals surface area contributed by atoms with Crippen LogP contribution in [0.15, 0.2) is 43.0 Å². The molecule has 4 nitrogen and oxygen atoms in total. The SMILES string of the molecule is C=CCS(=O)(=O)C(C(=O)OC)(c1ccccc1)C(F)CCCCCCCCCCC. The van der Waals surface area contributed by atoms with Gasteiger partial charge in [0.2, 0.25) is 4.75 Å². The van der Waals surface area contributed by atoms with Crippen LogP contribution in [-0.4, -0.2) is 33.4 Å². The Balaban J connectivity index is 2.92. The Bertz CT molecular complexity index is 733. The van der Waals surface area contributed by atoms with Crippen LogP contribution in [0, 0.1) is 0 Å². The van der Waals surface area contributed by atoms with Gasteiger partial charge >= 0.3 is 5.97 Å².